The van der Waals surface area contributed by atoms with E-state index in [9.17, 15) is 19.5 Å². The molecule has 212 valence electrons. The SMILES string of the molecule is Cc1ccc(C(C(=O)Nc2ccc3ccccc3c2)N(C(=O)C(CO)NC(=O)OC(C)(C)C)C2CC2C)cc1C. The maximum absolute atomic E-state index is 14.1. The highest BCUT2D eigenvalue weighted by molar-refractivity contribution is 6.00. The van der Waals surface area contributed by atoms with Crippen LogP contribution in [0, 0.1) is 19.8 Å². The van der Waals surface area contributed by atoms with Crippen molar-refractivity contribution in [2.45, 2.75) is 71.7 Å². The van der Waals surface area contributed by atoms with Crippen LogP contribution in [-0.4, -0.2) is 52.2 Å². The van der Waals surface area contributed by atoms with Gasteiger partial charge in [-0.1, -0.05) is 55.5 Å². The predicted octanol–water partition coefficient (Wildman–Crippen LogP) is 5.26. The van der Waals surface area contributed by atoms with E-state index in [1.165, 1.54) is 4.90 Å². The molecule has 4 rings (SSSR count). The molecule has 0 radical (unpaired) electrons. The number of fused-ring (bicyclic) bond motifs is 1. The van der Waals surface area contributed by atoms with Crippen LogP contribution in [0.1, 0.15) is 56.8 Å². The Morgan fingerprint density at radius 1 is 1.00 bits per heavy atom. The number of aryl methyl sites for hydroxylation is 2. The number of anilines is 1. The predicted molar refractivity (Wildman–Crippen MR) is 156 cm³/mol. The second-order valence-electron chi connectivity index (χ2n) is 11.7. The molecule has 1 aliphatic carbocycles. The smallest absolute Gasteiger partial charge is 0.408 e. The van der Waals surface area contributed by atoms with Gasteiger partial charge in [-0.3, -0.25) is 9.59 Å². The summed E-state index contributed by atoms with van der Waals surface area (Å²) in [6.07, 6.45) is -0.104. The van der Waals surface area contributed by atoms with Crippen LogP contribution in [0.2, 0.25) is 0 Å². The van der Waals surface area contributed by atoms with Crippen LogP contribution < -0.4 is 10.6 Å². The van der Waals surface area contributed by atoms with E-state index in [1.54, 1.807) is 20.8 Å². The van der Waals surface area contributed by atoms with E-state index in [0.717, 1.165) is 21.9 Å². The van der Waals surface area contributed by atoms with Crippen LogP contribution in [0.15, 0.2) is 60.7 Å². The molecular weight excluding hydrogens is 506 g/mol. The normalized spacial score (nSPS) is 18.0. The fraction of sp³-hybridized carbons (Fsp3) is 0.406. The summed E-state index contributed by atoms with van der Waals surface area (Å²) in [5.74, 6) is -0.758. The molecule has 0 spiro atoms. The molecule has 0 aromatic heterocycles. The largest absolute Gasteiger partial charge is 0.444 e. The van der Waals surface area contributed by atoms with Crippen molar-refractivity contribution >= 4 is 34.4 Å². The number of rotatable bonds is 8. The molecule has 1 fully saturated rings. The van der Waals surface area contributed by atoms with E-state index in [0.29, 0.717) is 17.7 Å². The maximum atomic E-state index is 14.1. The van der Waals surface area contributed by atoms with Crippen LogP contribution >= 0.6 is 0 Å². The van der Waals surface area contributed by atoms with Crippen LogP contribution in [0.4, 0.5) is 10.5 Å². The zero-order valence-corrected chi connectivity index (χ0v) is 24.0. The van der Waals surface area contributed by atoms with Crippen molar-refractivity contribution < 1.29 is 24.2 Å². The van der Waals surface area contributed by atoms with Gasteiger partial charge in [0.25, 0.3) is 5.91 Å². The highest BCUT2D eigenvalue weighted by atomic mass is 16.6. The first kappa shape index (κ1) is 29.1. The number of amides is 3. The Morgan fingerprint density at radius 3 is 2.27 bits per heavy atom. The molecule has 8 heteroatoms. The molecule has 4 unspecified atom stereocenters. The van der Waals surface area contributed by atoms with Gasteiger partial charge in [-0.05, 0) is 86.6 Å². The second-order valence-corrected chi connectivity index (χ2v) is 11.7. The van der Waals surface area contributed by atoms with E-state index in [2.05, 4.69) is 10.6 Å². The molecule has 4 atom stereocenters. The third kappa shape index (κ3) is 6.80. The highest BCUT2D eigenvalue weighted by Crippen LogP contribution is 2.41. The van der Waals surface area contributed by atoms with Crippen LogP contribution in [0.5, 0.6) is 0 Å². The molecule has 3 N–H and O–H groups in total. The standard InChI is InChI=1S/C32H39N3O5/c1-19-11-12-24(15-20(19)2)28(29(37)33-25-14-13-22-9-7-8-10-23(22)17-25)35(27-16-21(27)3)30(38)26(18-36)34-31(39)40-32(4,5)6/h7-15,17,21,26-28,36H,16,18H2,1-6H3,(H,33,37)(H,34,39). The lowest BCUT2D eigenvalue weighted by Gasteiger charge is -2.35. The van der Waals surface area contributed by atoms with Gasteiger partial charge in [-0.25, -0.2) is 4.79 Å². The third-order valence-electron chi connectivity index (χ3n) is 7.24. The van der Waals surface area contributed by atoms with E-state index in [-0.39, 0.29) is 17.9 Å². The Morgan fingerprint density at radius 2 is 1.68 bits per heavy atom. The first-order valence-electron chi connectivity index (χ1n) is 13.7. The molecule has 40 heavy (non-hydrogen) atoms. The summed E-state index contributed by atoms with van der Waals surface area (Å²) in [4.78, 5) is 42.1. The lowest BCUT2D eigenvalue weighted by Crippen LogP contribution is -2.54. The van der Waals surface area contributed by atoms with Crippen molar-refractivity contribution in [2.24, 2.45) is 5.92 Å². The van der Waals surface area contributed by atoms with Gasteiger partial charge in [0.05, 0.1) is 6.61 Å². The lowest BCUT2D eigenvalue weighted by atomic mass is 9.98. The number of nitrogens with zero attached hydrogens (tertiary/aromatic N) is 1. The van der Waals surface area contributed by atoms with Crippen LogP contribution in [0.3, 0.4) is 0 Å². The quantitative estimate of drug-likeness (QED) is 0.358. The fourth-order valence-electron chi connectivity index (χ4n) is 4.84. The lowest BCUT2D eigenvalue weighted by molar-refractivity contribution is -0.142. The molecule has 1 aliphatic rings. The molecule has 3 aromatic carbocycles. The third-order valence-corrected chi connectivity index (χ3v) is 7.24. The minimum atomic E-state index is -1.27. The first-order chi connectivity index (χ1) is 18.9. The number of hydrogen-bond acceptors (Lipinski definition) is 5. The number of alkyl carbamates (subject to hydrolysis) is 1. The molecular formula is C32H39N3O5. The zero-order chi connectivity index (χ0) is 29.2. The Bertz CT molecular complexity index is 1410. The molecule has 3 aromatic rings. The van der Waals surface area contributed by atoms with Crippen LogP contribution in [0.25, 0.3) is 10.8 Å². The van der Waals surface area contributed by atoms with Crippen molar-refractivity contribution in [1.29, 1.82) is 0 Å². The minimum Gasteiger partial charge on any atom is -0.444 e. The molecule has 3 amide bonds. The van der Waals surface area contributed by atoms with Gasteiger partial charge in [0.2, 0.25) is 5.91 Å². The van der Waals surface area contributed by atoms with E-state index in [4.69, 9.17) is 4.74 Å². The number of hydrogen-bond donors (Lipinski definition) is 3. The van der Waals surface area contributed by atoms with Gasteiger partial charge in [-0.15, -0.1) is 0 Å². The zero-order valence-electron chi connectivity index (χ0n) is 24.0. The first-order valence-corrected chi connectivity index (χ1v) is 13.7. The van der Waals surface area contributed by atoms with Gasteiger partial charge in [0.1, 0.15) is 17.7 Å². The van der Waals surface area contributed by atoms with Crippen molar-refractivity contribution in [3.05, 3.63) is 77.4 Å². The number of benzene rings is 3. The van der Waals surface area contributed by atoms with Crippen molar-refractivity contribution in [2.75, 3.05) is 11.9 Å². The molecule has 0 aliphatic heterocycles. The number of aliphatic hydroxyl groups is 1. The summed E-state index contributed by atoms with van der Waals surface area (Å²) >= 11 is 0. The average molecular weight is 546 g/mol. The van der Waals surface area contributed by atoms with E-state index < -0.39 is 36.3 Å². The Balaban J connectivity index is 1.71. The van der Waals surface area contributed by atoms with Gasteiger partial charge >= 0.3 is 6.09 Å². The average Bonchev–Trinajstić information content (AvgIpc) is 3.61. The van der Waals surface area contributed by atoms with E-state index in [1.807, 2.05) is 81.4 Å². The minimum absolute atomic E-state index is 0.160. The second kappa shape index (κ2) is 11.7. The summed E-state index contributed by atoms with van der Waals surface area (Å²) < 4.78 is 5.32. The number of ether oxygens (including phenoxy) is 1. The Hall–Kier alpha value is -3.91. The number of carbonyl (C=O) groups excluding carboxylic acids is 3. The molecule has 0 saturated heterocycles. The highest BCUT2D eigenvalue weighted by Gasteiger charge is 2.48. The van der Waals surface area contributed by atoms with Crippen molar-refractivity contribution in [3.63, 3.8) is 0 Å². The summed E-state index contributed by atoms with van der Waals surface area (Å²) in [5.41, 5.74) is 2.54. The summed E-state index contributed by atoms with van der Waals surface area (Å²) in [7, 11) is 0. The molecule has 8 nitrogen and oxygen atoms in total. The molecule has 1 saturated carbocycles. The van der Waals surface area contributed by atoms with Gasteiger partial charge in [-0.2, -0.15) is 0 Å². The summed E-state index contributed by atoms with van der Waals surface area (Å²) in [6.45, 7) is 10.5. The van der Waals surface area contributed by atoms with Crippen LogP contribution in [-0.2, 0) is 14.3 Å². The number of carbonyl (C=O) groups is 3. The van der Waals surface area contributed by atoms with Crippen molar-refractivity contribution in [1.82, 2.24) is 10.2 Å². The monoisotopic (exact) mass is 545 g/mol. The fourth-order valence-corrected chi connectivity index (χ4v) is 4.84. The topological polar surface area (TPSA) is 108 Å². The van der Waals surface area contributed by atoms with Gasteiger partial charge in [0.15, 0.2) is 0 Å². The Labute approximate surface area is 235 Å². The number of aliphatic hydroxyl groups excluding tert-OH is 1. The van der Waals surface area contributed by atoms with Crippen molar-refractivity contribution in [3.8, 4) is 0 Å². The van der Waals surface area contributed by atoms with Gasteiger partial charge < -0.3 is 25.4 Å². The molecule has 0 bridgehead atoms. The van der Waals surface area contributed by atoms with E-state index >= 15 is 0 Å². The Kier molecular flexibility index (Phi) is 8.49. The molecule has 0 heterocycles. The summed E-state index contributed by atoms with van der Waals surface area (Å²) in [5, 5.41) is 17.7. The van der Waals surface area contributed by atoms with Gasteiger partial charge in [0, 0.05) is 11.7 Å². The maximum Gasteiger partial charge on any atom is 0.408 e. The summed E-state index contributed by atoms with van der Waals surface area (Å²) in [6, 6.07) is 16.8. The number of nitrogens with one attached hydrogen (secondary N) is 2.